The third-order valence-corrected chi connectivity index (χ3v) is 2.71. The van der Waals surface area contributed by atoms with E-state index in [1.807, 2.05) is 0 Å². The topological polar surface area (TPSA) is 7.12 Å². The van der Waals surface area contributed by atoms with Crippen LogP contribution in [0.25, 0.3) is 0 Å². The van der Waals surface area contributed by atoms with E-state index in [-0.39, 0.29) is 12.4 Å². The maximum absolute atomic E-state index is 2.46. The molecule has 0 radical (unpaired) electrons. The van der Waals surface area contributed by atoms with Crippen molar-refractivity contribution in [1.29, 1.82) is 0 Å². The summed E-state index contributed by atoms with van der Waals surface area (Å²) in [5.41, 5.74) is 1.38. The van der Waals surface area contributed by atoms with Crippen molar-refractivity contribution in [2.75, 3.05) is 18.0 Å². The van der Waals surface area contributed by atoms with Gasteiger partial charge in [-0.05, 0) is 19.8 Å². The lowest BCUT2D eigenvalue weighted by molar-refractivity contribution is -0.693. The van der Waals surface area contributed by atoms with Crippen LogP contribution in [0.1, 0.15) is 19.8 Å². The number of hydrogen-bond acceptors (Lipinski definition) is 1. The molecule has 2 heterocycles. The quantitative estimate of drug-likeness (QED) is 0.547. The van der Waals surface area contributed by atoms with Gasteiger partial charge in [0.2, 0.25) is 0 Å². The number of hydrogen-bond donors (Lipinski definition) is 0. The number of halogens is 1. The Labute approximate surface area is 92.0 Å². The number of nitrogens with zero attached hydrogens (tertiary/aromatic N) is 2. The fourth-order valence-corrected chi connectivity index (χ4v) is 1.85. The zero-order valence-corrected chi connectivity index (χ0v) is 9.37. The Morgan fingerprint density at radius 3 is 2.29 bits per heavy atom. The van der Waals surface area contributed by atoms with Crippen LogP contribution in [0.3, 0.4) is 0 Å². The second-order valence-electron chi connectivity index (χ2n) is 3.58. The zero-order chi connectivity index (χ0) is 9.10. The molecular formula is C11H17ClN2. The molecule has 0 amide bonds. The summed E-state index contributed by atoms with van der Waals surface area (Å²) in [6, 6.07) is 4.43. The highest BCUT2D eigenvalue weighted by Crippen LogP contribution is 2.17. The molecule has 1 aliphatic heterocycles. The fourth-order valence-electron chi connectivity index (χ4n) is 1.85. The molecule has 78 valence electrons. The van der Waals surface area contributed by atoms with E-state index in [0.29, 0.717) is 0 Å². The van der Waals surface area contributed by atoms with E-state index in [2.05, 4.69) is 40.9 Å². The molecule has 1 aromatic heterocycles. The summed E-state index contributed by atoms with van der Waals surface area (Å²) >= 11 is 0. The van der Waals surface area contributed by atoms with Crippen LogP contribution in [-0.2, 0) is 6.54 Å². The van der Waals surface area contributed by atoms with Gasteiger partial charge in [-0.3, -0.25) is 0 Å². The summed E-state index contributed by atoms with van der Waals surface area (Å²) in [7, 11) is 0. The first-order valence-electron chi connectivity index (χ1n) is 5.14. The summed E-state index contributed by atoms with van der Waals surface area (Å²) in [6.45, 7) is 5.68. The molecule has 0 aliphatic carbocycles. The van der Waals surface area contributed by atoms with Crippen molar-refractivity contribution in [2.45, 2.75) is 26.3 Å². The van der Waals surface area contributed by atoms with E-state index in [0.717, 1.165) is 6.54 Å². The van der Waals surface area contributed by atoms with Gasteiger partial charge in [0.1, 0.15) is 6.54 Å². The van der Waals surface area contributed by atoms with E-state index >= 15 is 0 Å². The van der Waals surface area contributed by atoms with E-state index in [1.54, 1.807) is 0 Å². The number of anilines is 1. The van der Waals surface area contributed by atoms with Crippen molar-refractivity contribution in [1.82, 2.24) is 0 Å². The molecule has 2 nitrogen and oxygen atoms in total. The molecule has 0 N–H and O–H groups in total. The van der Waals surface area contributed by atoms with Gasteiger partial charge >= 0.3 is 0 Å². The summed E-state index contributed by atoms with van der Waals surface area (Å²) in [6.07, 6.45) is 7.02. The van der Waals surface area contributed by atoms with Gasteiger partial charge in [-0.25, -0.2) is 4.57 Å². The van der Waals surface area contributed by atoms with Crippen molar-refractivity contribution < 1.29 is 17.0 Å². The van der Waals surface area contributed by atoms with E-state index in [1.165, 1.54) is 31.6 Å². The Kier molecular flexibility index (Phi) is 4.21. The maximum atomic E-state index is 2.46. The van der Waals surface area contributed by atoms with Crippen LogP contribution < -0.4 is 21.9 Å². The van der Waals surface area contributed by atoms with Crippen LogP contribution >= 0.6 is 0 Å². The molecule has 0 unspecified atom stereocenters. The smallest absolute Gasteiger partial charge is 0.170 e. The molecule has 1 saturated heterocycles. The lowest BCUT2D eigenvalue weighted by atomic mass is 10.3. The fraction of sp³-hybridized carbons (Fsp3) is 0.545. The Balaban J connectivity index is 0.000000980. The molecule has 1 aliphatic rings. The van der Waals surface area contributed by atoms with Crippen molar-refractivity contribution in [2.24, 2.45) is 0 Å². The zero-order valence-electron chi connectivity index (χ0n) is 8.62. The van der Waals surface area contributed by atoms with Crippen molar-refractivity contribution in [3.05, 3.63) is 24.5 Å². The van der Waals surface area contributed by atoms with Crippen molar-refractivity contribution in [3.63, 3.8) is 0 Å². The van der Waals surface area contributed by atoms with Gasteiger partial charge in [-0.15, -0.1) is 0 Å². The van der Waals surface area contributed by atoms with Gasteiger partial charge in [-0.2, -0.15) is 0 Å². The molecule has 14 heavy (non-hydrogen) atoms. The number of aromatic nitrogens is 1. The molecule has 0 atom stereocenters. The van der Waals surface area contributed by atoms with Gasteiger partial charge in [-0.1, -0.05) is 0 Å². The van der Waals surface area contributed by atoms with Crippen LogP contribution in [0.2, 0.25) is 0 Å². The first-order chi connectivity index (χ1) is 6.40. The van der Waals surface area contributed by atoms with E-state index in [9.17, 15) is 0 Å². The van der Waals surface area contributed by atoms with Crippen LogP contribution in [0.5, 0.6) is 0 Å². The maximum Gasteiger partial charge on any atom is 0.170 e. The molecule has 1 aromatic rings. The third-order valence-electron chi connectivity index (χ3n) is 2.71. The first kappa shape index (κ1) is 11.3. The average Bonchev–Trinajstić information content (AvgIpc) is 2.71. The molecule has 0 spiro atoms. The highest BCUT2D eigenvalue weighted by Gasteiger charge is 2.12. The second-order valence-corrected chi connectivity index (χ2v) is 3.58. The molecule has 2 rings (SSSR count). The summed E-state index contributed by atoms with van der Waals surface area (Å²) in [5, 5.41) is 0. The number of aryl methyl sites for hydroxylation is 1. The van der Waals surface area contributed by atoms with Gasteiger partial charge in [0.05, 0.1) is 0 Å². The minimum absolute atomic E-state index is 0. The summed E-state index contributed by atoms with van der Waals surface area (Å²) in [4.78, 5) is 2.46. The first-order valence-corrected chi connectivity index (χ1v) is 5.14. The molecule has 3 heteroatoms. The predicted molar refractivity (Wildman–Crippen MR) is 53.8 cm³/mol. The average molecular weight is 213 g/mol. The molecule has 0 saturated carbocycles. The van der Waals surface area contributed by atoms with Gasteiger partial charge in [0, 0.05) is 30.9 Å². The SMILES string of the molecule is CC[n+]1ccc(N2CCCC2)cc1.[Cl-]. The Bertz CT molecular complexity index is 265. The lowest BCUT2D eigenvalue weighted by Crippen LogP contribution is -3.00. The molecule has 0 bridgehead atoms. The Morgan fingerprint density at radius 2 is 1.79 bits per heavy atom. The van der Waals surface area contributed by atoms with E-state index < -0.39 is 0 Å². The molecular weight excluding hydrogens is 196 g/mol. The highest BCUT2D eigenvalue weighted by molar-refractivity contribution is 5.44. The van der Waals surface area contributed by atoms with E-state index in [4.69, 9.17) is 0 Å². The Hall–Kier alpha value is -0.760. The monoisotopic (exact) mass is 212 g/mol. The predicted octanol–water partition coefficient (Wildman–Crippen LogP) is -1.40. The van der Waals surface area contributed by atoms with Crippen LogP contribution in [-0.4, -0.2) is 13.1 Å². The normalized spacial score (nSPS) is 15.4. The van der Waals surface area contributed by atoms with Gasteiger partial charge in [0.25, 0.3) is 0 Å². The highest BCUT2D eigenvalue weighted by atomic mass is 35.5. The van der Waals surface area contributed by atoms with Crippen molar-refractivity contribution in [3.8, 4) is 0 Å². The largest absolute Gasteiger partial charge is 1.00 e. The van der Waals surface area contributed by atoms with Crippen LogP contribution in [0, 0.1) is 0 Å². The molecule has 1 fully saturated rings. The minimum atomic E-state index is 0. The standard InChI is InChI=1S/C11H17N2.ClH/c1-2-12-9-5-11(6-10-12)13-7-3-4-8-13;/h5-6,9-10H,2-4,7-8H2,1H3;1H/q+1;/p-1. The van der Waals surface area contributed by atoms with Gasteiger partial charge < -0.3 is 17.3 Å². The second kappa shape index (κ2) is 5.20. The summed E-state index contributed by atoms with van der Waals surface area (Å²) < 4.78 is 2.19. The van der Waals surface area contributed by atoms with Crippen LogP contribution in [0.15, 0.2) is 24.5 Å². The van der Waals surface area contributed by atoms with Crippen molar-refractivity contribution >= 4 is 5.69 Å². The minimum Gasteiger partial charge on any atom is -1.00 e. The van der Waals surface area contributed by atoms with Gasteiger partial charge in [0.15, 0.2) is 12.4 Å². The Morgan fingerprint density at radius 1 is 1.21 bits per heavy atom. The number of pyridine rings is 1. The third kappa shape index (κ3) is 2.38. The summed E-state index contributed by atoms with van der Waals surface area (Å²) in [5.74, 6) is 0. The lowest BCUT2D eigenvalue weighted by Gasteiger charge is -2.15. The molecule has 0 aromatic carbocycles. The van der Waals surface area contributed by atoms with Crippen LogP contribution in [0.4, 0.5) is 5.69 Å². The number of rotatable bonds is 2.